The molecule has 2 aliphatic heterocycles. The van der Waals surface area contributed by atoms with Gasteiger partial charge in [-0.05, 0) is 49.6 Å². The number of fused-ring (bicyclic) bond motifs is 2. The predicted molar refractivity (Wildman–Crippen MR) is 146 cm³/mol. The van der Waals surface area contributed by atoms with Crippen LogP contribution < -0.4 is 20.1 Å². The smallest absolute Gasteiger partial charge is 0.306 e. The Labute approximate surface area is 238 Å². The van der Waals surface area contributed by atoms with E-state index in [0.717, 1.165) is 22.9 Å². The molecule has 0 bridgehead atoms. The summed E-state index contributed by atoms with van der Waals surface area (Å²) in [6.45, 7) is 4.06. The fourth-order valence-electron chi connectivity index (χ4n) is 5.61. The minimum atomic E-state index is -1.50. The number of hydrogen-bond acceptors (Lipinski definition) is 5. The van der Waals surface area contributed by atoms with Crippen molar-refractivity contribution in [3.63, 3.8) is 0 Å². The molecule has 1 aromatic heterocycles. The van der Waals surface area contributed by atoms with E-state index in [1.54, 1.807) is 13.1 Å². The molecule has 7 nitrogen and oxygen atoms in total. The molecule has 3 aromatic carbocycles. The molecule has 0 fully saturated rings. The van der Waals surface area contributed by atoms with Crippen LogP contribution in [0.1, 0.15) is 43.1 Å². The van der Waals surface area contributed by atoms with Crippen molar-refractivity contribution in [3.05, 3.63) is 101 Å². The van der Waals surface area contributed by atoms with E-state index < -0.39 is 52.5 Å². The number of hydrogen-bond donors (Lipinski definition) is 4. The Morgan fingerprint density at radius 1 is 1.14 bits per heavy atom. The van der Waals surface area contributed by atoms with Gasteiger partial charge in [-0.3, -0.25) is 4.79 Å². The number of nitrogens with one attached hydrogen (secondary N) is 3. The van der Waals surface area contributed by atoms with Crippen LogP contribution in [-0.4, -0.2) is 22.7 Å². The number of ether oxygens (including phenoxy) is 2. The van der Waals surface area contributed by atoms with E-state index in [4.69, 9.17) is 9.47 Å². The molecule has 0 aliphatic carbocycles. The predicted octanol–water partition coefficient (Wildman–Crippen LogP) is 6.55. The van der Waals surface area contributed by atoms with Crippen LogP contribution >= 0.6 is 0 Å². The van der Waals surface area contributed by atoms with Crippen LogP contribution in [0.2, 0.25) is 0 Å². The molecule has 0 radical (unpaired) electrons. The molecule has 11 heteroatoms. The Balaban J connectivity index is 1.27. The van der Waals surface area contributed by atoms with Gasteiger partial charge >= 0.3 is 5.97 Å². The minimum absolute atomic E-state index is 0.0876. The third kappa shape index (κ3) is 4.49. The summed E-state index contributed by atoms with van der Waals surface area (Å²) in [4.78, 5) is 13.9. The first-order chi connectivity index (χ1) is 20.1. The SMILES string of the molecule is CC(Cc1cccc2c1OCCC2(C)C1=CNC(c2cc(Oc3c(F)c(F)c4[nH]ccc4c3F)ccc2F)N1)C(=O)O. The van der Waals surface area contributed by atoms with E-state index >= 15 is 4.39 Å². The zero-order valence-corrected chi connectivity index (χ0v) is 22.7. The number of benzene rings is 3. The first-order valence-electron chi connectivity index (χ1n) is 13.4. The average molecular weight is 582 g/mol. The molecule has 6 rings (SSSR count). The second-order valence-corrected chi connectivity index (χ2v) is 10.8. The number of H-pyrrole nitrogens is 1. The highest BCUT2D eigenvalue weighted by atomic mass is 19.2. The highest BCUT2D eigenvalue weighted by Gasteiger charge is 2.41. The number of carbonyl (C=O) groups is 1. The third-order valence-electron chi connectivity index (χ3n) is 8.07. The molecule has 3 atom stereocenters. The van der Waals surface area contributed by atoms with Gasteiger partial charge in [-0.15, -0.1) is 0 Å². The molecule has 0 saturated carbocycles. The van der Waals surface area contributed by atoms with Gasteiger partial charge in [0.05, 0.1) is 18.0 Å². The number of rotatable bonds is 7. The molecular weight excluding hydrogens is 554 g/mol. The normalized spacial score (nSPS) is 20.2. The van der Waals surface area contributed by atoms with Gasteiger partial charge in [0, 0.05) is 40.0 Å². The number of carboxylic acids is 1. The van der Waals surface area contributed by atoms with Crippen LogP contribution in [0.5, 0.6) is 17.2 Å². The molecule has 0 amide bonds. The van der Waals surface area contributed by atoms with E-state index in [-0.39, 0.29) is 22.2 Å². The van der Waals surface area contributed by atoms with Crippen molar-refractivity contribution >= 4 is 16.9 Å². The lowest BCUT2D eigenvalue weighted by atomic mass is 9.74. The fraction of sp³-hybridized carbons (Fsp3) is 0.258. The Morgan fingerprint density at radius 2 is 1.95 bits per heavy atom. The topological polar surface area (TPSA) is 95.6 Å². The molecule has 3 heterocycles. The quantitative estimate of drug-likeness (QED) is 0.146. The second-order valence-electron chi connectivity index (χ2n) is 10.8. The summed E-state index contributed by atoms with van der Waals surface area (Å²) in [5, 5.41) is 15.7. The van der Waals surface area contributed by atoms with E-state index in [9.17, 15) is 23.1 Å². The summed E-state index contributed by atoms with van der Waals surface area (Å²) in [6.07, 6.45) is 3.19. The van der Waals surface area contributed by atoms with Crippen molar-refractivity contribution in [1.82, 2.24) is 15.6 Å². The average Bonchev–Trinajstić information content (AvgIpc) is 3.67. The molecule has 42 heavy (non-hydrogen) atoms. The lowest BCUT2D eigenvalue weighted by molar-refractivity contribution is -0.141. The van der Waals surface area contributed by atoms with Gasteiger partial charge in [-0.25, -0.2) is 13.2 Å². The van der Waals surface area contributed by atoms with Crippen molar-refractivity contribution in [2.75, 3.05) is 6.61 Å². The van der Waals surface area contributed by atoms with Crippen LogP contribution in [0.25, 0.3) is 10.9 Å². The van der Waals surface area contributed by atoms with Crippen molar-refractivity contribution < 1.29 is 36.9 Å². The summed E-state index contributed by atoms with van der Waals surface area (Å²) in [7, 11) is 0. The van der Waals surface area contributed by atoms with Gasteiger partial charge in [0.1, 0.15) is 23.5 Å². The van der Waals surface area contributed by atoms with Crippen LogP contribution in [0, 0.1) is 29.2 Å². The Morgan fingerprint density at radius 3 is 2.74 bits per heavy atom. The maximum atomic E-state index is 15.1. The lowest BCUT2D eigenvalue weighted by Gasteiger charge is -2.38. The van der Waals surface area contributed by atoms with E-state index in [0.29, 0.717) is 25.2 Å². The van der Waals surface area contributed by atoms with Crippen LogP contribution in [-0.2, 0) is 16.6 Å². The van der Waals surface area contributed by atoms with Gasteiger partial charge in [0.15, 0.2) is 11.6 Å². The number of para-hydroxylation sites is 1. The van der Waals surface area contributed by atoms with Crippen molar-refractivity contribution in [2.24, 2.45) is 5.92 Å². The zero-order valence-electron chi connectivity index (χ0n) is 22.7. The number of aromatic nitrogens is 1. The second kappa shape index (κ2) is 10.3. The number of allylic oxidation sites excluding steroid dienone is 1. The Bertz CT molecular complexity index is 1750. The fourth-order valence-corrected chi connectivity index (χ4v) is 5.61. The molecule has 218 valence electrons. The van der Waals surface area contributed by atoms with Gasteiger partial charge in [0.2, 0.25) is 11.6 Å². The standard InChI is InChI=1S/C31H27F4N3O4/c1-15(30(39)40)12-16-4-3-5-20-27(16)41-11-9-31(20,2)22-14-37-29(38-22)19-13-17(6-7-21(19)32)42-28-23(33)18-8-10-36-26(18)24(34)25(28)35/h3-8,10,13-15,29,36-38H,9,11-12H2,1-2H3,(H,39,40). The first kappa shape index (κ1) is 27.5. The number of aromatic amines is 1. The summed E-state index contributed by atoms with van der Waals surface area (Å²) >= 11 is 0. The van der Waals surface area contributed by atoms with Gasteiger partial charge in [0.25, 0.3) is 0 Å². The van der Waals surface area contributed by atoms with Gasteiger partial charge in [-0.2, -0.15) is 4.39 Å². The maximum absolute atomic E-state index is 15.1. The summed E-state index contributed by atoms with van der Waals surface area (Å²) < 4.78 is 70.6. The molecule has 0 spiro atoms. The van der Waals surface area contributed by atoms with E-state index in [1.807, 2.05) is 25.1 Å². The van der Waals surface area contributed by atoms with Crippen LogP contribution in [0.4, 0.5) is 17.6 Å². The molecule has 4 N–H and O–H groups in total. The Hall–Kier alpha value is -4.67. The molecule has 0 saturated heterocycles. The highest BCUT2D eigenvalue weighted by Crippen LogP contribution is 2.46. The van der Waals surface area contributed by atoms with Crippen molar-refractivity contribution in [1.29, 1.82) is 0 Å². The molecular formula is C31H27F4N3O4. The number of halogens is 4. The zero-order chi connectivity index (χ0) is 29.8. The highest BCUT2D eigenvalue weighted by molar-refractivity contribution is 5.82. The number of aliphatic carboxylic acids is 1. The Kier molecular flexibility index (Phi) is 6.75. The summed E-state index contributed by atoms with van der Waals surface area (Å²) in [5.41, 5.74) is 1.64. The first-order valence-corrected chi connectivity index (χ1v) is 13.4. The molecule has 4 aromatic rings. The summed E-state index contributed by atoms with van der Waals surface area (Å²) in [5.74, 6) is -6.33. The lowest BCUT2D eigenvalue weighted by Crippen LogP contribution is -2.37. The molecule has 3 unspecified atom stereocenters. The third-order valence-corrected chi connectivity index (χ3v) is 8.07. The minimum Gasteiger partial charge on any atom is -0.493 e. The van der Waals surface area contributed by atoms with Crippen LogP contribution in [0.3, 0.4) is 0 Å². The summed E-state index contributed by atoms with van der Waals surface area (Å²) in [6, 6.07) is 10.5. The maximum Gasteiger partial charge on any atom is 0.306 e. The monoisotopic (exact) mass is 581 g/mol. The van der Waals surface area contributed by atoms with Crippen molar-refractivity contribution in [2.45, 2.75) is 38.3 Å². The largest absolute Gasteiger partial charge is 0.493 e. The van der Waals surface area contributed by atoms with Crippen LogP contribution in [0.15, 0.2) is 60.6 Å². The van der Waals surface area contributed by atoms with E-state index in [1.165, 1.54) is 24.4 Å². The molecule has 2 aliphatic rings. The van der Waals surface area contributed by atoms with E-state index in [2.05, 4.69) is 15.6 Å². The number of carboxylic acid groups (broad SMARTS) is 1. The van der Waals surface area contributed by atoms with Gasteiger partial charge in [-0.1, -0.05) is 25.1 Å². The van der Waals surface area contributed by atoms with Gasteiger partial charge < -0.3 is 30.2 Å². The van der Waals surface area contributed by atoms with Crippen molar-refractivity contribution in [3.8, 4) is 17.2 Å².